The number of carbonyl (C=O) groups is 2. The molecular formula is C21H31N5O2S. The number of amides is 2. The summed E-state index contributed by atoms with van der Waals surface area (Å²) in [6, 6.07) is 7.35. The molecule has 2 rings (SSSR count). The largest absolute Gasteiger partial charge is 0.378 e. The molecule has 1 aromatic heterocycles. The number of aromatic nitrogens is 2. The van der Waals surface area contributed by atoms with Crippen molar-refractivity contribution < 1.29 is 9.59 Å². The average Bonchev–Trinajstić information content (AvgIpc) is 3.12. The number of nitrogens with one attached hydrogen (secondary N) is 2. The third kappa shape index (κ3) is 6.00. The van der Waals surface area contributed by atoms with Gasteiger partial charge in [0.15, 0.2) is 0 Å². The number of carbonyl (C=O) groups excluding carboxylic acids is 2. The predicted octanol–water partition coefficient (Wildman–Crippen LogP) is 3.79. The van der Waals surface area contributed by atoms with Crippen LogP contribution in [0.2, 0.25) is 0 Å². The minimum Gasteiger partial charge on any atom is -0.378 e. The van der Waals surface area contributed by atoms with Gasteiger partial charge in [0.1, 0.15) is 11.0 Å². The van der Waals surface area contributed by atoms with Crippen molar-refractivity contribution in [1.29, 1.82) is 0 Å². The van der Waals surface area contributed by atoms with E-state index in [1.807, 2.05) is 77.9 Å². The molecule has 1 heterocycles. The van der Waals surface area contributed by atoms with E-state index in [0.29, 0.717) is 5.13 Å². The maximum atomic E-state index is 12.8. The van der Waals surface area contributed by atoms with Crippen LogP contribution in [0.3, 0.4) is 0 Å². The second-order valence-corrected chi connectivity index (χ2v) is 9.41. The van der Waals surface area contributed by atoms with Crippen LogP contribution in [-0.4, -0.2) is 42.1 Å². The molecule has 29 heavy (non-hydrogen) atoms. The molecule has 0 spiro atoms. The molecule has 2 amide bonds. The normalized spacial score (nSPS) is 13.5. The van der Waals surface area contributed by atoms with Crippen LogP contribution in [0.25, 0.3) is 10.6 Å². The van der Waals surface area contributed by atoms with Gasteiger partial charge in [-0.3, -0.25) is 14.9 Å². The van der Waals surface area contributed by atoms with Gasteiger partial charge in [-0.15, -0.1) is 10.2 Å². The molecule has 2 N–H and O–H groups in total. The smallest absolute Gasteiger partial charge is 0.249 e. The lowest BCUT2D eigenvalue weighted by atomic mass is 9.92. The fourth-order valence-electron chi connectivity index (χ4n) is 2.54. The Hall–Kier alpha value is -2.48. The van der Waals surface area contributed by atoms with Crippen LogP contribution < -0.4 is 15.5 Å². The lowest BCUT2D eigenvalue weighted by Crippen LogP contribution is -2.50. The highest BCUT2D eigenvalue weighted by molar-refractivity contribution is 7.18. The Morgan fingerprint density at radius 2 is 1.76 bits per heavy atom. The van der Waals surface area contributed by atoms with Gasteiger partial charge < -0.3 is 10.2 Å². The van der Waals surface area contributed by atoms with Crippen molar-refractivity contribution in [2.24, 2.45) is 11.3 Å². The van der Waals surface area contributed by atoms with E-state index in [1.165, 1.54) is 11.3 Å². The van der Waals surface area contributed by atoms with E-state index in [0.717, 1.165) is 22.7 Å². The third-order valence-electron chi connectivity index (χ3n) is 4.75. The number of rotatable bonds is 7. The quantitative estimate of drug-likeness (QED) is 0.716. The summed E-state index contributed by atoms with van der Waals surface area (Å²) in [5.41, 5.74) is 1.46. The second-order valence-electron chi connectivity index (χ2n) is 8.43. The first-order valence-electron chi connectivity index (χ1n) is 9.76. The van der Waals surface area contributed by atoms with Gasteiger partial charge in [0.25, 0.3) is 0 Å². The first kappa shape index (κ1) is 22.8. The minimum atomic E-state index is -0.626. The highest BCUT2D eigenvalue weighted by Crippen LogP contribution is 2.28. The lowest BCUT2D eigenvalue weighted by Gasteiger charge is -2.27. The molecule has 7 nitrogen and oxygen atoms in total. The van der Waals surface area contributed by atoms with Gasteiger partial charge in [-0.2, -0.15) is 0 Å². The van der Waals surface area contributed by atoms with Gasteiger partial charge in [-0.05, 0) is 30.2 Å². The van der Waals surface area contributed by atoms with Gasteiger partial charge in [0.2, 0.25) is 16.9 Å². The van der Waals surface area contributed by atoms with Gasteiger partial charge in [-0.25, -0.2) is 0 Å². The summed E-state index contributed by atoms with van der Waals surface area (Å²) in [5.74, 6) is -0.438. The van der Waals surface area contributed by atoms with E-state index in [9.17, 15) is 9.59 Å². The molecule has 0 aliphatic carbocycles. The van der Waals surface area contributed by atoms with E-state index >= 15 is 0 Å². The summed E-state index contributed by atoms with van der Waals surface area (Å²) in [7, 11) is 3.97. The monoisotopic (exact) mass is 417 g/mol. The van der Waals surface area contributed by atoms with Crippen LogP contribution in [0.1, 0.15) is 41.0 Å². The molecule has 0 saturated heterocycles. The molecular weight excluding hydrogens is 386 g/mol. The summed E-state index contributed by atoms with van der Waals surface area (Å²) in [4.78, 5) is 27.3. The minimum absolute atomic E-state index is 0.00716. The molecule has 0 bridgehead atoms. The molecule has 1 aromatic carbocycles. The zero-order valence-electron chi connectivity index (χ0n) is 18.2. The Morgan fingerprint density at radius 1 is 1.14 bits per heavy atom. The van der Waals surface area contributed by atoms with Crippen LogP contribution in [0.5, 0.6) is 0 Å². The highest BCUT2D eigenvalue weighted by atomic mass is 32.1. The Balaban J connectivity index is 2.13. The fourth-order valence-corrected chi connectivity index (χ4v) is 3.29. The summed E-state index contributed by atoms with van der Waals surface area (Å²) in [6.45, 7) is 9.42. The number of hydrogen-bond acceptors (Lipinski definition) is 6. The van der Waals surface area contributed by atoms with Crippen LogP contribution in [0, 0.1) is 11.3 Å². The first-order chi connectivity index (χ1) is 13.5. The second kappa shape index (κ2) is 9.35. The van der Waals surface area contributed by atoms with Gasteiger partial charge in [0, 0.05) is 30.8 Å². The Morgan fingerprint density at radius 3 is 2.28 bits per heavy atom. The lowest BCUT2D eigenvalue weighted by molar-refractivity contribution is -0.132. The van der Waals surface area contributed by atoms with E-state index in [1.54, 1.807) is 0 Å². The van der Waals surface area contributed by atoms with Gasteiger partial charge in [0.05, 0.1) is 0 Å². The predicted molar refractivity (Wildman–Crippen MR) is 119 cm³/mol. The van der Waals surface area contributed by atoms with Crippen molar-refractivity contribution in [3.63, 3.8) is 0 Å². The molecule has 0 radical (unpaired) electrons. The molecule has 0 aliphatic rings. The molecule has 2 unspecified atom stereocenters. The molecule has 0 saturated carbocycles. The fraction of sp³-hybridized carbons (Fsp3) is 0.524. The Labute approximate surface area is 176 Å². The van der Waals surface area contributed by atoms with Crippen LogP contribution in [-0.2, 0) is 9.59 Å². The summed E-state index contributed by atoms with van der Waals surface area (Å²) in [5, 5.41) is 15.1. The summed E-state index contributed by atoms with van der Waals surface area (Å²) >= 11 is 1.31. The van der Waals surface area contributed by atoms with Crippen molar-refractivity contribution in [2.45, 2.75) is 47.1 Å². The Bertz CT molecular complexity index is 840. The first-order valence-corrected chi connectivity index (χ1v) is 10.6. The summed E-state index contributed by atoms with van der Waals surface area (Å²) < 4.78 is 0. The highest BCUT2D eigenvalue weighted by Gasteiger charge is 2.31. The topological polar surface area (TPSA) is 87.2 Å². The van der Waals surface area contributed by atoms with Gasteiger partial charge >= 0.3 is 0 Å². The maximum Gasteiger partial charge on any atom is 0.249 e. The van der Waals surface area contributed by atoms with Crippen LogP contribution in [0.15, 0.2) is 24.3 Å². The molecule has 158 valence electrons. The molecule has 0 aliphatic heterocycles. The van der Waals surface area contributed by atoms with Crippen molar-refractivity contribution >= 4 is 34.0 Å². The maximum absolute atomic E-state index is 12.8. The van der Waals surface area contributed by atoms with E-state index < -0.39 is 11.5 Å². The zero-order valence-corrected chi connectivity index (χ0v) is 19.1. The van der Waals surface area contributed by atoms with Gasteiger partial charge in [-0.1, -0.05) is 52.4 Å². The van der Waals surface area contributed by atoms with E-state index in [-0.39, 0.29) is 17.7 Å². The molecule has 2 atom stereocenters. The van der Waals surface area contributed by atoms with Crippen molar-refractivity contribution in [3.05, 3.63) is 24.3 Å². The third-order valence-corrected chi connectivity index (χ3v) is 5.64. The van der Waals surface area contributed by atoms with Crippen LogP contribution >= 0.6 is 11.3 Å². The number of benzene rings is 1. The average molecular weight is 418 g/mol. The summed E-state index contributed by atoms with van der Waals surface area (Å²) in [6.07, 6.45) is 0.766. The SMILES string of the molecule is CCC(C)C(NC(=O)C(C)(C)C)C(=O)Nc1nnc(-c2ccc(N(C)C)cc2)s1. The standard InChI is InChI=1S/C21H31N5O2S/c1-8-13(2)16(22-19(28)21(3,4)5)17(27)23-20-25-24-18(29-20)14-9-11-15(12-10-14)26(6)7/h9-13,16H,8H2,1-7H3,(H,22,28)(H,23,25,27). The zero-order chi connectivity index (χ0) is 21.8. The van der Waals surface area contributed by atoms with E-state index in [2.05, 4.69) is 20.8 Å². The molecule has 0 fully saturated rings. The molecule has 8 heteroatoms. The van der Waals surface area contributed by atoms with Crippen molar-refractivity contribution in [3.8, 4) is 10.6 Å². The van der Waals surface area contributed by atoms with Crippen LogP contribution in [0.4, 0.5) is 10.8 Å². The molecule has 2 aromatic rings. The van der Waals surface area contributed by atoms with Crippen molar-refractivity contribution in [2.75, 3.05) is 24.3 Å². The number of anilines is 2. The van der Waals surface area contributed by atoms with E-state index in [4.69, 9.17) is 0 Å². The van der Waals surface area contributed by atoms with Crippen molar-refractivity contribution in [1.82, 2.24) is 15.5 Å². The number of nitrogens with zero attached hydrogens (tertiary/aromatic N) is 3. The number of hydrogen-bond donors (Lipinski definition) is 2. The Kier molecular flexibility index (Phi) is 7.35.